The summed E-state index contributed by atoms with van der Waals surface area (Å²) in [5, 5.41) is 0. The van der Waals surface area contributed by atoms with Crippen molar-refractivity contribution in [2.75, 3.05) is 33.4 Å². The highest BCUT2D eigenvalue weighted by molar-refractivity contribution is 5.82. The summed E-state index contributed by atoms with van der Waals surface area (Å²) >= 11 is 0. The van der Waals surface area contributed by atoms with E-state index in [4.69, 9.17) is 4.74 Å². The number of amides is 2. The fourth-order valence-electron chi connectivity index (χ4n) is 2.93. The summed E-state index contributed by atoms with van der Waals surface area (Å²) in [6.45, 7) is 3.70. The SMILES string of the molecule is CCOC(=O)N1CCC(N(CCC(=O)OC)C(=O)C2CC2)CC1. The molecule has 23 heavy (non-hydrogen) atoms. The molecule has 0 aromatic carbocycles. The van der Waals surface area contributed by atoms with Gasteiger partial charge < -0.3 is 19.3 Å². The third-order valence-corrected chi connectivity index (χ3v) is 4.43. The topological polar surface area (TPSA) is 76.2 Å². The predicted molar refractivity (Wildman–Crippen MR) is 82.7 cm³/mol. The number of nitrogens with zero attached hydrogens (tertiary/aromatic N) is 2. The molecule has 1 saturated carbocycles. The minimum atomic E-state index is -0.303. The first-order chi connectivity index (χ1) is 11.1. The van der Waals surface area contributed by atoms with E-state index in [2.05, 4.69) is 4.74 Å². The van der Waals surface area contributed by atoms with E-state index in [0.717, 1.165) is 25.7 Å². The van der Waals surface area contributed by atoms with Crippen LogP contribution in [0.2, 0.25) is 0 Å². The van der Waals surface area contributed by atoms with Gasteiger partial charge in [-0.25, -0.2) is 4.79 Å². The lowest BCUT2D eigenvalue weighted by atomic mass is 10.0. The van der Waals surface area contributed by atoms with E-state index < -0.39 is 0 Å². The van der Waals surface area contributed by atoms with Crippen molar-refractivity contribution >= 4 is 18.0 Å². The van der Waals surface area contributed by atoms with Crippen LogP contribution in [0.5, 0.6) is 0 Å². The minimum absolute atomic E-state index is 0.0819. The van der Waals surface area contributed by atoms with Crippen molar-refractivity contribution in [2.45, 2.75) is 45.1 Å². The highest BCUT2D eigenvalue weighted by atomic mass is 16.6. The maximum Gasteiger partial charge on any atom is 0.409 e. The molecule has 0 atom stereocenters. The first-order valence-electron chi connectivity index (χ1n) is 8.35. The molecule has 130 valence electrons. The number of methoxy groups -OCH3 is 1. The molecule has 0 aromatic heterocycles. The Morgan fingerprint density at radius 3 is 2.30 bits per heavy atom. The van der Waals surface area contributed by atoms with Crippen molar-refractivity contribution in [1.82, 2.24) is 9.80 Å². The second-order valence-electron chi connectivity index (χ2n) is 6.05. The summed E-state index contributed by atoms with van der Waals surface area (Å²) in [7, 11) is 1.35. The van der Waals surface area contributed by atoms with E-state index in [1.165, 1.54) is 7.11 Å². The maximum atomic E-state index is 12.5. The third-order valence-electron chi connectivity index (χ3n) is 4.43. The number of ether oxygens (including phenoxy) is 2. The Morgan fingerprint density at radius 2 is 1.78 bits per heavy atom. The van der Waals surface area contributed by atoms with Gasteiger partial charge in [-0.1, -0.05) is 0 Å². The Bertz CT molecular complexity index is 442. The van der Waals surface area contributed by atoms with Crippen LogP contribution in [0.15, 0.2) is 0 Å². The first-order valence-corrected chi connectivity index (χ1v) is 8.35. The zero-order valence-corrected chi connectivity index (χ0v) is 14.0. The van der Waals surface area contributed by atoms with Gasteiger partial charge >= 0.3 is 12.1 Å². The first kappa shape index (κ1) is 17.6. The average Bonchev–Trinajstić information content (AvgIpc) is 3.40. The van der Waals surface area contributed by atoms with Crippen molar-refractivity contribution in [3.05, 3.63) is 0 Å². The van der Waals surface area contributed by atoms with Crippen LogP contribution in [-0.2, 0) is 19.1 Å². The van der Waals surface area contributed by atoms with E-state index in [-0.39, 0.29) is 36.4 Å². The molecule has 2 amide bonds. The smallest absolute Gasteiger partial charge is 0.409 e. The number of esters is 1. The summed E-state index contributed by atoms with van der Waals surface area (Å²) in [5.74, 6) is -0.0400. The molecule has 2 aliphatic rings. The van der Waals surface area contributed by atoms with Gasteiger partial charge in [0.25, 0.3) is 0 Å². The molecule has 1 heterocycles. The van der Waals surface area contributed by atoms with Crippen molar-refractivity contribution in [3.8, 4) is 0 Å². The van der Waals surface area contributed by atoms with E-state index in [9.17, 15) is 14.4 Å². The average molecular weight is 326 g/mol. The molecule has 0 spiro atoms. The molecule has 1 aliphatic heterocycles. The highest BCUT2D eigenvalue weighted by Gasteiger charge is 2.37. The number of piperidine rings is 1. The van der Waals surface area contributed by atoms with Gasteiger partial charge in [0.2, 0.25) is 5.91 Å². The van der Waals surface area contributed by atoms with E-state index in [1.54, 1.807) is 11.8 Å². The molecule has 0 N–H and O–H groups in total. The van der Waals surface area contributed by atoms with Crippen LogP contribution < -0.4 is 0 Å². The van der Waals surface area contributed by atoms with Crippen LogP contribution in [-0.4, -0.2) is 67.2 Å². The number of hydrogen-bond acceptors (Lipinski definition) is 5. The van der Waals surface area contributed by atoms with Gasteiger partial charge in [0, 0.05) is 31.6 Å². The fraction of sp³-hybridized carbons (Fsp3) is 0.812. The molecule has 7 nitrogen and oxygen atoms in total. The van der Waals surface area contributed by atoms with E-state index in [1.807, 2.05) is 4.90 Å². The number of carbonyl (C=O) groups excluding carboxylic acids is 3. The van der Waals surface area contributed by atoms with Gasteiger partial charge in [-0.05, 0) is 32.6 Å². The molecule has 7 heteroatoms. The van der Waals surface area contributed by atoms with Gasteiger partial charge in [-0.3, -0.25) is 9.59 Å². The zero-order valence-electron chi connectivity index (χ0n) is 14.0. The quantitative estimate of drug-likeness (QED) is 0.690. The van der Waals surface area contributed by atoms with E-state index in [0.29, 0.717) is 26.2 Å². The van der Waals surface area contributed by atoms with Crippen LogP contribution in [0.4, 0.5) is 4.79 Å². The third kappa shape index (κ3) is 4.84. The van der Waals surface area contributed by atoms with Gasteiger partial charge in [0.05, 0.1) is 20.1 Å². The molecule has 1 saturated heterocycles. The Kier molecular flexibility index (Phi) is 6.24. The standard InChI is InChI=1S/C16H26N2O5/c1-3-23-16(21)17-9-6-13(7-10-17)18(11-8-14(19)22-2)15(20)12-4-5-12/h12-13H,3-11H2,1-2H3. The molecule has 0 unspecified atom stereocenters. The van der Waals surface area contributed by atoms with Gasteiger partial charge in [0.15, 0.2) is 0 Å². The Labute approximate surface area is 136 Å². The van der Waals surface area contributed by atoms with Gasteiger partial charge in [-0.15, -0.1) is 0 Å². The lowest BCUT2D eigenvalue weighted by molar-refractivity contribution is -0.143. The summed E-state index contributed by atoms with van der Waals surface area (Å²) < 4.78 is 9.68. The minimum Gasteiger partial charge on any atom is -0.469 e. The van der Waals surface area contributed by atoms with Crippen LogP contribution in [0, 0.1) is 5.92 Å². The zero-order chi connectivity index (χ0) is 16.8. The Balaban J connectivity index is 1.90. The highest BCUT2D eigenvalue weighted by Crippen LogP contribution is 2.33. The molecular weight excluding hydrogens is 300 g/mol. The number of carbonyl (C=O) groups is 3. The van der Waals surface area contributed by atoms with Crippen molar-refractivity contribution < 1.29 is 23.9 Å². The second kappa shape index (κ2) is 8.17. The molecule has 0 aromatic rings. The van der Waals surface area contributed by atoms with Crippen LogP contribution in [0.25, 0.3) is 0 Å². The molecular formula is C16H26N2O5. The van der Waals surface area contributed by atoms with Crippen molar-refractivity contribution in [2.24, 2.45) is 5.92 Å². The predicted octanol–water partition coefficient (Wildman–Crippen LogP) is 1.41. The summed E-state index contributed by atoms with van der Waals surface area (Å²) in [6, 6.07) is 0.0819. The van der Waals surface area contributed by atoms with Gasteiger partial charge in [-0.2, -0.15) is 0 Å². The Morgan fingerprint density at radius 1 is 1.13 bits per heavy atom. The summed E-state index contributed by atoms with van der Waals surface area (Å²) in [6.07, 6.45) is 3.24. The van der Waals surface area contributed by atoms with Crippen LogP contribution in [0.3, 0.4) is 0 Å². The fourth-order valence-corrected chi connectivity index (χ4v) is 2.93. The lowest BCUT2D eigenvalue weighted by Gasteiger charge is -2.38. The summed E-state index contributed by atoms with van der Waals surface area (Å²) in [5.41, 5.74) is 0. The largest absolute Gasteiger partial charge is 0.469 e. The lowest BCUT2D eigenvalue weighted by Crippen LogP contribution is -2.49. The Hall–Kier alpha value is -1.79. The molecule has 0 bridgehead atoms. The van der Waals surface area contributed by atoms with Gasteiger partial charge in [0.1, 0.15) is 0 Å². The second-order valence-corrected chi connectivity index (χ2v) is 6.05. The normalized spacial score (nSPS) is 18.4. The number of likely N-dealkylation sites (tertiary alicyclic amines) is 1. The molecule has 0 radical (unpaired) electrons. The van der Waals surface area contributed by atoms with E-state index >= 15 is 0 Å². The molecule has 1 aliphatic carbocycles. The number of rotatable bonds is 6. The van der Waals surface area contributed by atoms with Crippen molar-refractivity contribution in [1.29, 1.82) is 0 Å². The monoisotopic (exact) mass is 326 g/mol. The van der Waals surface area contributed by atoms with Crippen LogP contribution in [0.1, 0.15) is 39.0 Å². The van der Waals surface area contributed by atoms with Crippen molar-refractivity contribution in [3.63, 3.8) is 0 Å². The van der Waals surface area contributed by atoms with Crippen LogP contribution >= 0.6 is 0 Å². The number of hydrogen-bond donors (Lipinski definition) is 0. The maximum absolute atomic E-state index is 12.5. The molecule has 2 rings (SSSR count). The summed E-state index contributed by atoms with van der Waals surface area (Å²) in [4.78, 5) is 39.1. The molecule has 2 fully saturated rings.